The molecule has 4 heteroatoms. The van der Waals surface area contributed by atoms with E-state index < -0.39 is 0 Å². The van der Waals surface area contributed by atoms with Crippen molar-refractivity contribution in [2.75, 3.05) is 7.05 Å². The summed E-state index contributed by atoms with van der Waals surface area (Å²) in [5, 5.41) is 4.36. The number of nitrogens with one attached hydrogen (secondary N) is 1. The zero-order valence-electron chi connectivity index (χ0n) is 9.41. The lowest BCUT2D eigenvalue weighted by Gasteiger charge is -2.13. The van der Waals surface area contributed by atoms with Gasteiger partial charge in [0.25, 0.3) is 0 Å². The Morgan fingerprint density at radius 2 is 2.06 bits per heavy atom. The standard InChI is InChI=1S/C13H13Cl2NO/c1-16-11(12-5-6-13(15)17-12)8-9-3-2-4-10(14)7-9/h2-7,11,16H,8H2,1H3. The normalized spacial score (nSPS) is 12.6. The average molecular weight is 270 g/mol. The molecule has 1 heterocycles. The summed E-state index contributed by atoms with van der Waals surface area (Å²) in [5.74, 6) is 0.831. The van der Waals surface area contributed by atoms with Crippen LogP contribution in [0.25, 0.3) is 0 Å². The molecule has 0 aliphatic heterocycles. The van der Waals surface area contributed by atoms with E-state index in [1.807, 2.05) is 37.4 Å². The number of benzene rings is 1. The number of likely N-dealkylation sites (N-methyl/N-ethyl adjacent to an activating group) is 1. The van der Waals surface area contributed by atoms with Crippen LogP contribution in [-0.2, 0) is 6.42 Å². The highest BCUT2D eigenvalue weighted by molar-refractivity contribution is 6.30. The van der Waals surface area contributed by atoms with E-state index in [1.54, 1.807) is 6.07 Å². The molecule has 0 aliphatic carbocycles. The molecule has 1 unspecified atom stereocenters. The summed E-state index contributed by atoms with van der Waals surface area (Å²) in [5.41, 5.74) is 1.16. The first-order chi connectivity index (χ1) is 8.19. The van der Waals surface area contributed by atoms with E-state index in [0.29, 0.717) is 5.22 Å². The Hall–Kier alpha value is -0.960. The molecule has 0 saturated carbocycles. The second-order valence-corrected chi connectivity index (χ2v) is 4.63. The highest BCUT2D eigenvalue weighted by atomic mass is 35.5. The van der Waals surface area contributed by atoms with Crippen molar-refractivity contribution in [2.45, 2.75) is 12.5 Å². The molecule has 0 spiro atoms. The first kappa shape index (κ1) is 12.5. The second-order valence-electron chi connectivity index (χ2n) is 3.82. The van der Waals surface area contributed by atoms with Gasteiger partial charge in [-0.3, -0.25) is 0 Å². The van der Waals surface area contributed by atoms with Gasteiger partial charge in [-0.05, 0) is 54.9 Å². The Bertz CT molecular complexity index is 496. The number of rotatable bonds is 4. The Kier molecular flexibility index (Phi) is 4.11. The number of hydrogen-bond acceptors (Lipinski definition) is 2. The molecule has 2 nitrogen and oxygen atoms in total. The zero-order valence-corrected chi connectivity index (χ0v) is 10.9. The summed E-state index contributed by atoms with van der Waals surface area (Å²) in [7, 11) is 1.89. The summed E-state index contributed by atoms with van der Waals surface area (Å²) >= 11 is 11.7. The summed E-state index contributed by atoms with van der Waals surface area (Å²) < 4.78 is 5.41. The van der Waals surface area contributed by atoms with Crippen LogP contribution in [0.5, 0.6) is 0 Å². The first-order valence-electron chi connectivity index (χ1n) is 5.36. The van der Waals surface area contributed by atoms with Gasteiger partial charge in [0.1, 0.15) is 5.76 Å². The molecule has 0 amide bonds. The molecule has 0 saturated heterocycles. The first-order valence-corrected chi connectivity index (χ1v) is 6.11. The quantitative estimate of drug-likeness (QED) is 0.905. The lowest BCUT2D eigenvalue weighted by atomic mass is 10.0. The molecule has 1 atom stereocenters. The zero-order chi connectivity index (χ0) is 12.3. The van der Waals surface area contributed by atoms with E-state index in [2.05, 4.69) is 5.32 Å². The Morgan fingerprint density at radius 3 is 2.65 bits per heavy atom. The van der Waals surface area contributed by atoms with Crippen molar-refractivity contribution < 1.29 is 4.42 Å². The van der Waals surface area contributed by atoms with Crippen LogP contribution in [0.2, 0.25) is 10.2 Å². The van der Waals surface area contributed by atoms with Crippen molar-refractivity contribution in [3.8, 4) is 0 Å². The highest BCUT2D eigenvalue weighted by Gasteiger charge is 2.14. The third kappa shape index (κ3) is 3.25. The predicted octanol–water partition coefficient (Wildman–Crippen LogP) is 4.09. The maximum absolute atomic E-state index is 5.96. The van der Waals surface area contributed by atoms with Crippen molar-refractivity contribution in [1.82, 2.24) is 5.32 Å². The third-order valence-electron chi connectivity index (χ3n) is 2.61. The average Bonchev–Trinajstić information content (AvgIpc) is 2.73. The van der Waals surface area contributed by atoms with Gasteiger partial charge in [-0.2, -0.15) is 0 Å². The van der Waals surface area contributed by atoms with E-state index >= 15 is 0 Å². The predicted molar refractivity (Wildman–Crippen MR) is 70.7 cm³/mol. The van der Waals surface area contributed by atoms with Gasteiger partial charge in [-0.25, -0.2) is 0 Å². The molecule has 0 radical (unpaired) electrons. The van der Waals surface area contributed by atoms with E-state index in [1.165, 1.54) is 0 Å². The minimum absolute atomic E-state index is 0.0981. The molecule has 0 bridgehead atoms. The van der Waals surface area contributed by atoms with Crippen LogP contribution in [0.15, 0.2) is 40.8 Å². The van der Waals surface area contributed by atoms with Crippen LogP contribution >= 0.6 is 23.2 Å². The number of halogens is 2. The van der Waals surface area contributed by atoms with Gasteiger partial charge in [-0.1, -0.05) is 23.7 Å². The van der Waals surface area contributed by atoms with Crippen LogP contribution in [0.3, 0.4) is 0 Å². The van der Waals surface area contributed by atoms with E-state index in [-0.39, 0.29) is 6.04 Å². The maximum atomic E-state index is 5.96. The van der Waals surface area contributed by atoms with Gasteiger partial charge in [0.05, 0.1) is 6.04 Å². The minimum atomic E-state index is 0.0981. The van der Waals surface area contributed by atoms with Gasteiger partial charge in [0.2, 0.25) is 0 Å². The van der Waals surface area contributed by atoms with E-state index in [0.717, 1.165) is 22.8 Å². The van der Waals surface area contributed by atoms with Crippen molar-refractivity contribution in [1.29, 1.82) is 0 Å². The topological polar surface area (TPSA) is 25.2 Å². The largest absolute Gasteiger partial charge is 0.448 e. The van der Waals surface area contributed by atoms with Crippen molar-refractivity contribution in [3.63, 3.8) is 0 Å². The molecule has 1 N–H and O–H groups in total. The van der Waals surface area contributed by atoms with Crippen molar-refractivity contribution in [3.05, 3.63) is 58.0 Å². The molecule has 1 aromatic carbocycles. The molecule has 17 heavy (non-hydrogen) atoms. The molecule has 1 aromatic heterocycles. The van der Waals surface area contributed by atoms with Gasteiger partial charge in [-0.15, -0.1) is 0 Å². The fraction of sp³-hybridized carbons (Fsp3) is 0.231. The minimum Gasteiger partial charge on any atom is -0.448 e. The monoisotopic (exact) mass is 269 g/mol. The number of hydrogen-bond donors (Lipinski definition) is 1. The third-order valence-corrected chi connectivity index (χ3v) is 3.05. The van der Waals surface area contributed by atoms with Gasteiger partial charge >= 0.3 is 0 Å². The second kappa shape index (κ2) is 5.58. The molecule has 2 rings (SSSR count). The smallest absolute Gasteiger partial charge is 0.193 e. The van der Waals surface area contributed by atoms with Gasteiger partial charge in [0, 0.05) is 5.02 Å². The van der Waals surface area contributed by atoms with Crippen molar-refractivity contribution >= 4 is 23.2 Å². The molecule has 0 fully saturated rings. The summed E-state index contributed by atoms with van der Waals surface area (Å²) in [6, 6.07) is 11.5. The summed E-state index contributed by atoms with van der Waals surface area (Å²) in [6.07, 6.45) is 0.806. The SMILES string of the molecule is CNC(Cc1cccc(Cl)c1)c1ccc(Cl)o1. The summed E-state index contributed by atoms with van der Waals surface area (Å²) in [4.78, 5) is 0. The van der Waals surface area contributed by atoms with Crippen LogP contribution in [0.1, 0.15) is 17.4 Å². The lowest BCUT2D eigenvalue weighted by molar-refractivity contribution is 0.430. The Labute approximate surface area is 111 Å². The molecule has 2 aromatic rings. The molecular formula is C13H13Cl2NO. The van der Waals surface area contributed by atoms with Gasteiger partial charge < -0.3 is 9.73 Å². The molecule has 90 valence electrons. The number of furan rings is 1. The van der Waals surface area contributed by atoms with Crippen LogP contribution in [-0.4, -0.2) is 7.05 Å². The Balaban J connectivity index is 2.15. The highest BCUT2D eigenvalue weighted by Crippen LogP contribution is 2.23. The lowest BCUT2D eigenvalue weighted by Crippen LogP contribution is -2.18. The van der Waals surface area contributed by atoms with Crippen LogP contribution in [0, 0.1) is 0 Å². The maximum Gasteiger partial charge on any atom is 0.193 e. The fourth-order valence-corrected chi connectivity index (χ4v) is 2.13. The Morgan fingerprint density at radius 1 is 1.24 bits per heavy atom. The van der Waals surface area contributed by atoms with E-state index in [4.69, 9.17) is 27.6 Å². The van der Waals surface area contributed by atoms with Crippen molar-refractivity contribution in [2.24, 2.45) is 0 Å². The fourth-order valence-electron chi connectivity index (χ4n) is 1.76. The van der Waals surface area contributed by atoms with Gasteiger partial charge in [0.15, 0.2) is 5.22 Å². The molecular weight excluding hydrogens is 257 g/mol. The van der Waals surface area contributed by atoms with Crippen LogP contribution < -0.4 is 5.32 Å². The van der Waals surface area contributed by atoms with E-state index in [9.17, 15) is 0 Å². The molecule has 0 aliphatic rings. The van der Waals surface area contributed by atoms with Crippen LogP contribution in [0.4, 0.5) is 0 Å². The summed E-state index contributed by atoms with van der Waals surface area (Å²) in [6.45, 7) is 0.